The predicted octanol–water partition coefficient (Wildman–Crippen LogP) is 1.94. The number of aryl methyl sites for hydroxylation is 2. The molecule has 0 radical (unpaired) electrons. The number of nitrogens with zero attached hydrogens (tertiary/aromatic N) is 2. The molecule has 0 aliphatic rings. The summed E-state index contributed by atoms with van der Waals surface area (Å²) in [5.41, 5.74) is 10.3. The minimum atomic E-state index is 0.363. The number of hydrogen-bond donors (Lipinski definition) is 2. The number of rotatable bonds is 2. The summed E-state index contributed by atoms with van der Waals surface area (Å²) in [5.74, 6) is 0.898. The number of pyridine rings is 1. The summed E-state index contributed by atoms with van der Waals surface area (Å²) in [5, 5.41) is 0. The molecule has 0 spiro atoms. The fraction of sp³-hybridized carbons (Fsp3) is 0.133. The van der Waals surface area contributed by atoms with Gasteiger partial charge < -0.3 is 10.7 Å². The van der Waals surface area contributed by atoms with E-state index in [1.807, 2.05) is 26.0 Å². The van der Waals surface area contributed by atoms with Gasteiger partial charge in [0.2, 0.25) is 0 Å². The standard InChI is InChI=1S/C15H14N4OS/c1-8-6-11-12(7-9(8)2)19-15(18-11)14(21-20)10-4-3-5-13(16)17-10/h3-7H,1-2H3,(H2,16,17)(H,18,19). The number of aromatic nitrogens is 3. The highest BCUT2D eigenvalue weighted by Crippen LogP contribution is 2.18. The number of hydrogen-bond acceptors (Lipinski definition) is 4. The van der Waals surface area contributed by atoms with Gasteiger partial charge in [-0.3, -0.25) is 0 Å². The van der Waals surface area contributed by atoms with Crippen molar-refractivity contribution in [3.05, 3.63) is 53.0 Å². The normalized spacial score (nSPS) is 10.8. The van der Waals surface area contributed by atoms with E-state index in [1.54, 1.807) is 18.2 Å². The molecule has 0 saturated heterocycles. The van der Waals surface area contributed by atoms with Crippen molar-refractivity contribution in [1.82, 2.24) is 15.0 Å². The van der Waals surface area contributed by atoms with E-state index in [0.717, 1.165) is 11.0 Å². The summed E-state index contributed by atoms with van der Waals surface area (Å²) in [4.78, 5) is 12.3. The third kappa shape index (κ3) is 2.45. The summed E-state index contributed by atoms with van der Waals surface area (Å²) in [6.45, 7) is 4.08. The molecule has 106 valence electrons. The van der Waals surface area contributed by atoms with Crippen LogP contribution >= 0.6 is 0 Å². The van der Waals surface area contributed by atoms with Crippen molar-refractivity contribution in [2.45, 2.75) is 13.8 Å². The predicted molar refractivity (Wildman–Crippen MR) is 85.6 cm³/mol. The summed E-state index contributed by atoms with van der Waals surface area (Å²) in [6.07, 6.45) is 0. The van der Waals surface area contributed by atoms with E-state index in [-0.39, 0.29) is 0 Å². The molecule has 0 saturated carbocycles. The Morgan fingerprint density at radius 1 is 1.19 bits per heavy atom. The van der Waals surface area contributed by atoms with Crippen molar-refractivity contribution < 1.29 is 4.21 Å². The summed E-state index contributed by atoms with van der Waals surface area (Å²) >= 11 is 0.363. The zero-order valence-corrected chi connectivity index (χ0v) is 12.5. The molecule has 3 aromatic rings. The maximum atomic E-state index is 11.5. The van der Waals surface area contributed by atoms with Crippen LogP contribution in [0.4, 0.5) is 5.82 Å². The van der Waals surface area contributed by atoms with Crippen molar-refractivity contribution in [1.29, 1.82) is 0 Å². The molecule has 0 fully saturated rings. The molecule has 6 heteroatoms. The van der Waals surface area contributed by atoms with Crippen LogP contribution in [0.1, 0.15) is 22.6 Å². The van der Waals surface area contributed by atoms with Gasteiger partial charge in [-0.25, -0.2) is 14.2 Å². The molecule has 3 rings (SSSR count). The van der Waals surface area contributed by atoms with Crippen LogP contribution < -0.4 is 5.73 Å². The first kappa shape index (κ1) is 13.5. The highest BCUT2D eigenvalue weighted by atomic mass is 32.1. The van der Waals surface area contributed by atoms with Gasteiger partial charge in [0.15, 0.2) is 5.82 Å². The topological polar surface area (TPSA) is 84.7 Å². The molecule has 2 aromatic heterocycles. The van der Waals surface area contributed by atoms with Crippen LogP contribution in [0.2, 0.25) is 0 Å². The Morgan fingerprint density at radius 3 is 2.67 bits per heavy atom. The number of anilines is 1. The SMILES string of the molecule is Cc1cc2nc(C(=S=O)c3cccc(N)n3)[nH]c2cc1C. The molecule has 0 aliphatic carbocycles. The Hall–Kier alpha value is -2.47. The van der Waals surface area contributed by atoms with Gasteiger partial charge in [-0.15, -0.1) is 0 Å². The minimum absolute atomic E-state index is 0.363. The molecule has 21 heavy (non-hydrogen) atoms. The van der Waals surface area contributed by atoms with Gasteiger partial charge in [0.1, 0.15) is 21.9 Å². The van der Waals surface area contributed by atoms with E-state index in [4.69, 9.17) is 5.73 Å². The highest BCUT2D eigenvalue weighted by Gasteiger charge is 2.14. The number of nitrogens with one attached hydrogen (secondary N) is 1. The molecular weight excluding hydrogens is 284 g/mol. The van der Waals surface area contributed by atoms with E-state index < -0.39 is 0 Å². The van der Waals surface area contributed by atoms with Gasteiger partial charge in [0, 0.05) is 0 Å². The average Bonchev–Trinajstić information content (AvgIpc) is 2.83. The molecule has 5 nitrogen and oxygen atoms in total. The monoisotopic (exact) mass is 298 g/mol. The lowest BCUT2D eigenvalue weighted by atomic mass is 10.1. The van der Waals surface area contributed by atoms with E-state index in [1.165, 1.54) is 11.1 Å². The summed E-state index contributed by atoms with van der Waals surface area (Å²) in [7, 11) is 0. The Kier molecular flexibility index (Phi) is 3.31. The fourth-order valence-electron chi connectivity index (χ4n) is 2.16. The van der Waals surface area contributed by atoms with Crippen molar-refractivity contribution in [3.63, 3.8) is 0 Å². The maximum absolute atomic E-state index is 11.5. The highest BCUT2D eigenvalue weighted by molar-refractivity contribution is 7.67. The van der Waals surface area contributed by atoms with E-state index in [9.17, 15) is 4.21 Å². The second kappa shape index (κ2) is 5.14. The number of nitrogen functional groups attached to an aromatic ring is 1. The number of imidazole rings is 1. The molecule has 0 atom stereocenters. The molecule has 0 bridgehead atoms. The largest absolute Gasteiger partial charge is 0.384 e. The molecule has 0 unspecified atom stereocenters. The lowest BCUT2D eigenvalue weighted by Crippen LogP contribution is -2.08. The summed E-state index contributed by atoms with van der Waals surface area (Å²) in [6, 6.07) is 9.23. The number of fused-ring (bicyclic) bond motifs is 1. The average molecular weight is 298 g/mol. The van der Waals surface area contributed by atoms with Crippen LogP contribution in [0, 0.1) is 13.8 Å². The minimum Gasteiger partial charge on any atom is -0.384 e. The first-order valence-corrected chi connectivity index (χ1v) is 7.19. The quantitative estimate of drug-likeness (QED) is 0.559. The molecular formula is C15H14N4OS. The number of nitrogens with two attached hydrogens (primary N) is 1. The molecule has 0 amide bonds. The van der Waals surface area contributed by atoms with Crippen LogP contribution in [0.3, 0.4) is 0 Å². The Labute approximate surface area is 125 Å². The lowest BCUT2D eigenvalue weighted by Gasteiger charge is -1.99. The number of aromatic amines is 1. The number of H-pyrrole nitrogens is 1. The summed E-state index contributed by atoms with van der Waals surface area (Å²) < 4.78 is 11.5. The van der Waals surface area contributed by atoms with Crippen molar-refractivity contribution in [2.75, 3.05) is 5.73 Å². The van der Waals surface area contributed by atoms with Crippen LogP contribution in [-0.2, 0) is 11.3 Å². The van der Waals surface area contributed by atoms with Crippen LogP contribution in [0.25, 0.3) is 11.0 Å². The second-order valence-electron chi connectivity index (χ2n) is 4.90. The zero-order chi connectivity index (χ0) is 15.0. The third-order valence-electron chi connectivity index (χ3n) is 3.40. The van der Waals surface area contributed by atoms with Crippen molar-refractivity contribution in [2.24, 2.45) is 0 Å². The van der Waals surface area contributed by atoms with Crippen LogP contribution in [0.5, 0.6) is 0 Å². The van der Waals surface area contributed by atoms with Crippen LogP contribution in [0.15, 0.2) is 30.3 Å². The van der Waals surface area contributed by atoms with Crippen molar-refractivity contribution in [3.8, 4) is 0 Å². The van der Waals surface area contributed by atoms with Gasteiger partial charge in [0.25, 0.3) is 0 Å². The molecule has 1 aromatic carbocycles. The maximum Gasteiger partial charge on any atom is 0.154 e. The van der Waals surface area contributed by atoms with E-state index in [2.05, 4.69) is 15.0 Å². The third-order valence-corrected chi connectivity index (χ3v) is 3.97. The Bertz CT molecular complexity index is 855. The zero-order valence-electron chi connectivity index (χ0n) is 11.7. The van der Waals surface area contributed by atoms with Crippen molar-refractivity contribution >= 4 is 33.0 Å². The molecule has 0 aliphatic heterocycles. The fourth-order valence-corrected chi connectivity index (χ4v) is 2.53. The smallest absolute Gasteiger partial charge is 0.154 e. The van der Waals surface area contributed by atoms with Gasteiger partial charge in [-0.05, 0) is 49.2 Å². The first-order valence-electron chi connectivity index (χ1n) is 6.45. The van der Waals surface area contributed by atoms with Gasteiger partial charge in [-0.1, -0.05) is 6.07 Å². The second-order valence-corrected chi connectivity index (χ2v) is 5.47. The Balaban J connectivity index is 2.16. The van der Waals surface area contributed by atoms with Gasteiger partial charge in [-0.2, -0.15) is 0 Å². The lowest BCUT2D eigenvalue weighted by molar-refractivity contribution is 0.701. The van der Waals surface area contributed by atoms with Crippen LogP contribution in [-0.4, -0.2) is 24.0 Å². The van der Waals surface area contributed by atoms with Gasteiger partial charge >= 0.3 is 0 Å². The first-order chi connectivity index (χ1) is 10.1. The van der Waals surface area contributed by atoms with E-state index >= 15 is 0 Å². The molecule has 3 N–H and O–H groups in total. The number of benzene rings is 1. The van der Waals surface area contributed by atoms with E-state index in [0.29, 0.717) is 33.5 Å². The Morgan fingerprint density at radius 2 is 1.95 bits per heavy atom. The van der Waals surface area contributed by atoms with Gasteiger partial charge in [0.05, 0.1) is 16.7 Å². The molecule has 2 heterocycles.